The molecule has 1 amide bonds. The average molecular weight is 594 g/mol. The summed E-state index contributed by atoms with van der Waals surface area (Å²) in [6, 6.07) is 21.3. The van der Waals surface area contributed by atoms with Gasteiger partial charge in [-0.25, -0.2) is 9.59 Å². The van der Waals surface area contributed by atoms with E-state index in [-0.39, 0.29) is 18.9 Å². The van der Waals surface area contributed by atoms with E-state index in [4.69, 9.17) is 4.74 Å². The molecular formula is C33H40NO7P. The van der Waals surface area contributed by atoms with Crippen LogP contribution in [0.4, 0.5) is 4.79 Å². The summed E-state index contributed by atoms with van der Waals surface area (Å²) >= 11 is 0. The lowest BCUT2D eigenvalue weighted by Crippen LogP contribution is -2.50. The topological polar surface area (TPSA) is 133 Å². The lowest BCUT2D eigenvalue weighted by molar-refractivity contribution is -0.139. The maximum Gasteiger partial charge on any atom is 0.407 e. The minimum atomic E-state index is -4.67. The molecule has 0 aromatic heterocycles. The number of amides is 1. The average Bonchev–Trinajstić information content (AvgIpc) is 3.19. The highest BCUT2D eigenvalue weighted by atomic mass is 31.2. The lowest BCUT2D eigenvalue weighted by atomic mass is 9.62. The van der Waals surface area contributed by atoms with Crippen LogP contribution in [0, 0.1) is 10.8 Å². The highest BCUT2D eigenvalue weighted by molar-refractivity contribution is 7.53. The zero-order valence-corrected chi connectivity index (χ0v) is 25.8. The summed E-state index contributed by atoms with van der Waals surface area (Å²) in [5, 5.41) is 10.8. The number of fused-ring (bicyclic) bond motifs is 3. The molecule has 0 aliphatic heterocycles. The molecule has 0 saturated heterocycles. The minimum absolute atomic E-state index is 0.0340. The van der Waals surface area contributed by atoms with Crippen LogP contribution in [0.2, 0.25) is 0 Å². The minimum Gasteiger partial charge on any atom is -0.480 e. The van der Waals surface area contributed by atoms with Gasteiger partial charge in [-0.15, -0.1) is 0 Å². The van der Waals surface area contributed by atoms with Crippen LogP contribution in [-0.4, -0.2) is 39.6 Å². The van der Waals surface area contributed by atoms with Gasteiger partial charge in [0.15, 0.2) is 0 Å². The Morgan fingerprint density at radius 1 is 0.833 bits per heavy atom. The Morgan fingerprint density at radius 3 is 1.74 bits per heavy atom. The van der Waals surface area contributed by atoms with E-state index in [1.165, 1.54) is 0 Å². The second-order valence-corrected chi connectivity index (χ2v) is 14.8. The van der Waals surface area contributed by atoms with Crippen LogP contribution in [0.25, 0.3) is 11.1 Å². The van der Waals surface area contributed by atoms with Crippen LogP contribution in [0.3, 0.4) is 0 Å². The monoisotopic (exact) mass is 593 g/mol. The van der Waals surface area contributed by atoms with Crippen molar-refractivity contribution in [2.24, 2.45) is 10.8 Å². The standard InChI is InChI=1S/C33H40NO7P/c1-31(2,3)33(32(4,5)6,42(38,39)40)22-17-15-21(16-18-22)19-28(29(35)36)34-30(37)41-20-27-25-13-9-7-11-23(25)24-12-8-10-14-26(24)27/h7-18,27-28H,19-20H2,1-6H3,(H,34,37)(H,35,36)(H2,38,39,40)/t28-/m1/s1. The molecule has 4 N–H and O–H groups in total. The first-order valence-electron chi connectivity index (χ1n) is 14.0. The molecular weight excluding hydrogens is 553 g/mol. The van der Waals surface area contributed by atoms with Crippen molar-refractivity contribution in [3.63, 3.8) is 0 Å². The Labute approximate surface area is 247 Å². The summed E-state index contributed by atoms with van der Waals surface area (Å²) in [4.78, 5) is 46.1. The van der Waals surface area contributed by atoms with Crippen LogP contribution in [0.15, 0.2) is 72.8 Å². The lowest BCUT2D eigenvalue weighted by Gasteiger charge is -2.53. The van der Waals surface area contributed by atoms with Gasteiger partial charge in [-0.1, -0.05) is 114 Å². The predicted molar refractivity (Wildman–Crippen MR) is 162 cm³/mol. The van der Waals surface area contributed by atoms with Crippen molar-refractivity contribution in [1.29, 1.82) is 0 Å². The van der Waals surface area contributed by atoms with Crippen LogP contribution >= 0.6 is 7.60 Å². The number of aliphatic carboxylic acids is 1. The molecule has 4 rings (SSSR count). The summed E-state index contributed by atoms with van der Waals surface area (Å²) in [5.74, 6) is -1.37. The van der Waals surface area contributed by atoms with E-state index in [1.54, 1.807) is 24.3 Å². The molecule has 0 saturated carbocycles. The van der Waals surface area contributed by atoms with Crippen LogP contribution < -0.4 is 5.32 Å². The fraction of sp³-hybridized carbons (Fsp3) is 0.394. The summed E-state index contributed by atoms with van der Waals surface area (Å²) < 4.78 is 18.6. The van der Waals surface area contributed by atoms with Gasteiger partial charge in [-0.2, -0.15) is 0 Å². The summed E-state index contributed by atoms with van der Waals surface area (Å²) in [5.41, 5.74) is 3.74. The van der Waals surface area contributed by atoms with E-state index in [2.05, 4.69) is 5.32 Å². The molecule has 1 aliphatic carbocycles. The van der Waals surface area contributed by atoms with Gasteiger partial charge in [-0.05, 0) is 44.2 Å². The molecule has 1 aliphatic rings. The Kier molecular flexibility index (Phi) is 8.49. The molecule has 0 unspecified atom stereocenters. The third kappa shape index (κ3) is 5.63. The molecule has 0 fully saturated rings. The smallest absolute Gasteiger partial charge is 0.407 e. The van der Waals surface area contributed by atoms with E-state index in [0.29, 0.717) is 11.1 Å². The number of hydrogen-bond acceptors (Lipinski definition) is 4. The van der Waals surface area contributed by atoms with Crippen molar-refractivity contribution < 1.29 is 33.8 Å². The molecule has 3 aromatic rings. The van der Waals surface area contributed by atoms with Crippen molar-refractivity contribution in [3.8, 4) is 11.1 Å². The van der Waals surface area contributed by atoms with Gasteiger partial charge in [0.05, 0.1) is 0 Å². The number of hydrogen-bond donors (Lipinski definition) is 4. The molecule has 42 heavy (non-hydrogen) atoms. The quantitative estimate of drug-likeness (QED) is 0.214. The Hall–Kier alpha value is -3.45. The maximum atomic E-state index is 13.1. The van der Waals surface area contributed by atoms with Gasteiger partial charge < -0.3 is 24.9 Å². The fourth-order valence-electron chi connectivity index (χ4n) is 7.13. The number of carboxylic acids is 1. The van der Waals surface area contributed by atoms with Gasteiger partial charge in [0.1, 0.15) is 17.8 Å². The molecule has 1 atom stereocenters. The zero-order valence-electron chi connectivity index (χ0n) is 24.9. The highest BCUT2D eigenvalue weighted by Gasteiger charge is 2.62. The van der Waals surface area contributed by atoms with Crippen molar-refractivity contribution in [2.45, 2.75) is 65.1 Å². The van der Waals surface area contributed by atoms with E-state index < -0.39 is 41.7 Å². The summed E-state index contributed by atoms with van der Waals surface area (Å²) in [6.45, 7) is 10.9. The number of alkyl carbamates (subject to hydrolysis) is 1. The third-order valence-electron chi connectivity index (χ3n) is 8.35. The Morgan fingerprint density at radius 2 is 1.31 bits per heavy atom. The van der Waals surface area contributed by atoms with Gasteiger partial charge in [0.25, 0.3) is 0 Å². The van der Waals surface area contributed by atoms with Crippen molar-refractivity contribution >= 4 is 19.7 Å². The third-order valence-corrected chi connectivity index (χ3v) is 10.8. The van der Waals surface area contributed by atoms with E-state index >= 15 is 0 Å². The molecule has 224 valence electrons. The van der Waals surface area contributed by atoms with Crippen LogP contribution in [-0.2, 0) is 25.7 Å². The normalized spacial score (nSPS) is 14.6. The van der Waals surface area contributed by atoms with Crippen molar-refractivity contribution in [1.82, 2.24) is 5.32 Å². The number of carbonyl (C=O) groups excluding carboxylic acids is 1. The van der Waals surface area contributed by atoms with Gasteiger partial charge >= 0.3 is 19.7 Å². The van der Waals surface area contributed by atoms with Crippen LogP contribution in [0.1, 0.15) is 69.7 Å². The second kappa shape index (κ2) is 11.3. The number of benzene rings is 3. The summed E-state index contributed by atoms with van der Waals surface area (Å²) in [7, 11) is -4.67. The SMILES string of the molecule is CC(C)(C)C(c1ccc(C[C@@H](NC(=O)OCC2c3ccccc3-c3ccccc32)C(=O)O)cc1)(C(C)(C)C)P(=O)(O)O. The van der Waals surface area contributed by atoms with Crippen LogP contribution in [0.5, 0.6) is 0 Å². The molecule has 3 aromatic carbocycles. The summed E-state index contributed by atoms with van der Waals surface area (Å²) in [6.07, 6.45) is -0.866. The maximum absolute atomic E-state index is 13.1. The Bertz CT molecular complexity index is 1450. The van der Waals surface area contributed by atoms with E-state index in [0.717, 1.165) is 22.3 Å². The first-order valence-corrected chi connectivity index (χ1v) is 15.6. The Balaban J connectivity index is 1.49. The van der Waals surface area contributed by atoms with E-state index in [9.17, 15) is 29.0 Å². The largest absolute Gasteiger partial charge is 0.480 e. The van der Waals surface area contributed by atoms with Gasteiger partial charge in [-0.3, -0.25) is 4.57 Å². The molecule has 9 heteroatoms. The van der Waals surface area contributed by atoms with Gasteiger partial charge in [0, 0.05) is 12.3 Å². The van der Waals surface area contributed by atoms with E-state index in [1.807, 2.05) is 90.1 Å². The number of ether oxygens (including phenoxy) is 1. The first-order chi connectivity index (χ1) is 19.5. The highest BCUT2D eigenvalue weighted by Crippen LogP contribution is 2.72. The zero-order chi connectivity index (χ0) is 31.1. The molecule has 0 heterocycles. The van der Waals surface area contributed by atoms with Gasteiger partial charge in [0.2, 0.25) is 0 Å². The second-order valence-electron chi connectivity index (χ2n) is 13.0. The number of carboxylic acid groups (broad SMARTS) is 1. The predicted octanol–water partition coefficient (Wildman–Crippen LogP) is 6.69. The number of nitrogens with one attached hydrogen (secondary N) is 1. The molecule has 8 nitrogen and oxygen atoms in total. The first kappa shape index (κ1) is 31.5. The number of carbonyl (C=O) groups is 2. The number of rotatable bonds is 8. The molecule has 0 spiro atoms. The van der Waals surface area contributed by atoms with Crippen molar-refractivity contribution in [2.75, 3.05) is 6.61 Å². The fourth-order valence-corrected chi connectivity index (χ4v) is 9.37. The molecule has 0 bridgehead atoms. The van der Waals surface area contributed by atoms with Crippen molar-refractivity contribution in [3.05, 3.63) is 95.1 Å². The molecule has 0 radical (unpaired) electrons.